The standard InChI is InChI=1S/C18H32N2/c1-4-5-6-7-8-9-10-13-17(19-3)15-18-16(2)12-11-14-20-18/h11-12,14,17,19H,4-10,13,15H2,1-3H3. The minimum absolute atomic E-state index is 0.569. The Bertz CT molecular complexity index is 349. The lowest BCUT2D eigenvalue weighted by Crippen LogP contribution is -2.28. The fourth-order valence-electron chi connectivity index (χ4n) is 2.66. The van der Waals surface area contributed by atoms with Crippen molar-refractivity contribution in [1.82, 2.24) is 10.3 Å². The Hall–Kier alpha value is -0.890. The lowest BCUT2D eigenvalue weighted by Gasteiger charge is -2.16. The first-order valence-electron chi connectivity index (χ1n) is 8.35. The molecule has 1 aromatic heterocycles. The van der Waals surface area contributed by atoms with E-state index in [2.05, 4.69) is 37.3 Å². The molecule has 0 aliphatic heterocycles. The number of unbranched alkanes of at least 4 members (excludes halogenated alkanes) is 6. The van der Waals surface area contributed by atoms with Gasteiger partial charge in [-0.25, -0.2) is 0 Å². The molecule has 0 radical (unpaired) electrons. The topological polar surface area (TPSA) is 24.9 Å². The number of hydrogen-bond donors (Lipinski definition) is 1. The lowest BCUT2D eigenvalue weighted by atomic mass is 10.0. The summed E-state index contributed by atoms with van der Waals surface area (Å²) >= 11 is 0. The summed E-state index contributed by atoms with van der Waals surface area (Å²) in [6.07, 6.45) is 13.9. The van der Waals surface area contributed by atoms with Crippen molar-refractivity contribution in [2.45, 2.75) is 77.7 Å². The first-order chi connectivity index (χ1) is 9.77. The van der Waals surface area contributed by atoms with E-state index in [4.69, 9.17) is 0 Å². The molecule has 2 heteroatoms. The van der Waals surface area contributed by atoms with E-state index in [0.717, 1.165) is 6.42 Å². The Morgan fingerprint density at radius 1 is 1.10 bits per heavy atom. The van der Waals surface area contributed by atoms with E-state index in [1.54, 1.807) is 0 Å². The summed E-state index contributed by atoms with van der Waals surface area (Å²) in [5.74, 6) is 0. The molecule has 0 amide bonds. The van der Waals surface area contributed by atoms with Crippen LogP contribution in [-0.4, -0.2) is 18.1 Å². The second-order valence-corrected chi connectivity index (χ2v) is 5.87. The molecule has 0 spiro atoms. The van der Waals surface area contributed by atoms with Gasteiger partial charge >= 0.3 is 0 Å². The number of aryl methyl sites for hydroxylation is 1. The number of nitrogens with zero attached hydrogens (tertiary/aromatic N) is 1. The SMILES string of the molecule is CCCCCCCCCC(Cc1ncccc1C)NC. The van der Waals surface area contributed by atoms with Crippen LogP contribution >= 0.6 is 0 Å². The van der Waals surface area contributed by atoms with Crippen molar-refractivity contribution < 1.29 is 0 Å². The Morgan fingerprint density at radius 2 is 1.80 bits per heavy atom. The van der Waals surface area contributed by atoms with Gasteiger partial charge in [-0.2, -0.15) is 0 Å². The molecule has 1 aromatic rings. The molecule has 0 aliphatic rings. The van der Waals surface area contributed by atoms with Crippen LogP contribution in [0.3, 0.4) is 0 Å². The molecule has 1 N–H and O–H groups in total. The highest BCUT2D eigenvalue weighted by Crippen LogP contribution is 2.13. The fourth-order valence-corrected chi connectivity index (χ4v) is 2.66. The highest BCUT2D eigenvalue weighted by atomic mass is 14.9. The predicted octanol–water partition coefficient (Wildman–Crippen LogP) is 4.66. The summed E-state index contributed by atoms with van der Waals surface area (Å²) in [6.45, 7) is 4.43. The van der Waals surface area contributed by atoms with Gasteiger partial charge in [-0.05, 0) is 32.0 Å². The third-order valence-corrected chi connectivity index (χ3v) is 4.12. The van der Waals surface area contributed by atoms with Crippen LogP contribution in [0.5, 0.6) is 0 Å². The third-order valence-electron chi connectivity index (χ3n) is 4.12. The first kappa shape index (κ1) is 17.2. The van der Waals surface area contributed by atoms with E-state index in [1.165, 1.54) is 62.6 Å². The van der Waals surface area contributed by atoms with Crippen molar-refractivity contribution in [3.8, 4) is 0 Å². The van der Waals surface area contributed by atoms with Gasteiger partial charge in [0.25, 0.3) is 0 Å². The predicted molar refractivity (Wildman–Crippen MR) is 88.1 cm³/mol. The number of likely N-dealkylation sites (N-methyl/N-ethyl adjacent to an activating group) is 1. The highest BCUT2D eigenvalue weighted by Gasteiger charge is 2.09. The summed E-state index contributed by atoms with van der Waals surface area (Å²) < 4.78 is 0. The second kappa shape index (κ2) is 10.8. The maximum absolute atomic E-state index is 4.50. The Morgan fingerprint density at radius 3 is 2.45 bits per heavy atom. The molecule has 1 heterocycles. The van der Waals surface area contributed by atoms with Gasteiger partial charge in [-0.1, -0.05) is 57.9 Å². The van der Waals surface area contributed by atoms with Crippen molar-refractivity contribution in [3.63, 3.8) is 0 Å². The number of aromatic nitrogens is 1. The molecular formula is C18H32N2. The van der Waals surface area contributed by atoms with E-state index in [9.17, 15) is 0 Å². The van der Waals surface area contributed by atoms with E-state index >= 15 is 0 Å². The van der Waals surface area contributed by atoms with E-state index in [0.29, 0.717) is 6.04 Å². The van der Waals surface area contributed by atoms with Crippen LogP contribution in [0.15, 0.2) is 18.3 Å². The number of nitrogens with one attached hydrogen (secondary N) is 1. The zero-order valence-corrected chi connectivity index (χ0v) is 13.6. The van der Waals surface area contributed by atoms with Crippen LogP contribution in [0.1, 0.15) is 69.5 Å². The van der Waals surface area contributed by atoms with Crippen molar-refractivity contribution in [2.24, 2.45) is 0 Å². The van der Waals surface area contributed by atoms with Gasteiger partial charge in [-0.3, -0.25) is 4.98 Å². The summed E-state index contributed by atoms with van der Waals surface area (Å²) in [5, 5.41) is 3.45. The van der Waals surface area contributed by atoms with Crippen molar-refractivity contribution in [1.29, 1.82) is 0 Å². The van der Waals surface area contributed by atoms with E-state index in [-0.39, 0.29) is 0 Å². The quantitative estimate of drug-likeness (QED) is 0.595. The first-order valence-corrected chi connectivity index (χ1v) is 8.35. The molecule has 0 saturated carbocycles. The Labute approximate surface area is 125 Å². The van der Waals surface area contributed by atoms with E-state index in [1.807, 2.05) is 12.3 Å². The van der Waals surface area contributed by atoms with Gasteiger partial charge in [-0.15, -0.1) is 0 Å². The highest BCUT2D eigenvalue weighted by molar-refractivity contribution is 5.18. The van der Waals surface area contributed by atoms with Gasteiger partial charge in [0, 0.05) is 24.4 Å². The van der Waals surface area contributed by atoms with Crippen LogP contribution in [0.4, 0.5) is 0 Å². The molecule has 1 rings (SSSR count). The number of pyridine rings is 1. The monoisotopic (exact) mass is 276 g/mol. The van der Waals surface area contributed by atoms with Crippen molar-refractivity contribution in [3.05, 3.63) is 29.6 Å². The maximum atomic E-state index is 4.50. The van der Waals surface area contributed by atoms with Gasteiger partial charge < -0.3 is 5.32 Å². The molecule has 20 heavy (non-hydrogen) atoms. The molecular weight excluding hydrogens is 244 g/mol. The minimum Gasteiger partial charge on any atom is -0.317 e. The molecule has 0 bridgehead atoms. The van der Waals surface area contributed by atoms with Crippen LogP contribution in [0, 0.1) is 6.92 Å². The molecule has 1 unspecified atom stereocenters. The zero-order chi connectivity index (χ0) is 14.6. The average Bonchev–Trinajstić information content (AvgIpc) is 2.47. The maximum Gasteiger partial charge on any atom is 0.0448 e. The van der Waals surface area contributed by atoms with Crippen LogP contribution in [0.2, 0.25) is 0 Å². The summed E-state index contributed by atoms with van der Waals surface area (Å²) in [5.41, 5.74) is 2.56. The third kappa shape index (κ3) is 7.04. The molecule has 0 fully saturated rings. The Kier molecular flexibility index (Phi) is 9.31. The van der Waals surface area contributed by atoms with Gasteiger partial charge in [0.05, 0.1) is 0 Å². The van der Waals surface area contributed by atoms with Crippen molar-refractivity contribution in [2.75, 3.05) is 7.05 Å². The second-order valence-electron chi connectivity index (χ2n) is 5.87. The number of hydrogen-bond acceptors (Lipinski definition) is 2. The zero-order valence-electron chi connectivity index (χ0n) is 13.6. The molecule has 0 aliphatic carbocycles. The van der Waals surface area contributed by atoms with Gasteiger partial charge in [0.2, 0.25) is 0 Å². The largest absolute Gasteiger partial charge is 0.317 e. The van der Waals surface area contributed by atoms with E-state index < -0.39 is 0 Å². The van der Waals surface area contributed by atoms with Gasteiger partial charge in [0.15, 0.2) is 0 Å². The number of rotatable bonds is 11. The van der Waals surface area contributed by atoms with Crippen LogP contribution < -0.4 is 5.32 Å². The molecule has 1 atom stereocenters. The van der Waals surface area contributed by atoms with Gasteiger partial charge in [0.1, 0.15) is 0 Å². The Balaban J connectivity index is 2.18. The van der Waals surface area contributed by atoms with Crippen LogP contribution in [0.25, 0.3) is 0 Å². The molecule has 114 valence electrons. The summed E-state index contributed by atoms with van der Waals surface area (Å²) in [7, 11) is 2.07. The normalized spacial score (nSPS) is 12.6. The van der Waals surface area contributed by atoms with Crippen molar-refractivity contribution >= 4 is 0 Å². The minimum atomic E-state index is 0.569. The average molecular weight is 276 g/mol. The molecule has 0 saturated heterocycles. The summed E-state index contributed by atoms with van der Waals surface area (Å²) in [6, 6.07) is 4.74. The lowest BCUT2D eigenvalue weighted by molar-refractivity contribution is 0.474. The molecule has 2 nitrogen and oxygen atoms in total. The fraction of sp³-hybridized carbons (Fsp3) is 0.722. The summed E-state index contributed by atoms with van der Waals surface area (Å²) in [4.78, 5) is 4.50. The molecule has 0 aromatic carbocycles. The smallest absolute Gasteiger partial charge is 0.0448 e. The van der Waals surface area contributed by atoms with Crippen LogP contribution in [-0.2, 0) is 6.42 Å².